The van der Waals surface area contributed by atoms with Crippen LogP contribution in [0.15, 0.2) is 41.0 Å². The van der Waals surface area contributed by atoms with Crippen LogP contribution in [0.4, 0.5) is 4.79 Å². The number of benzene rings is 1. The minimum absolute atomic E-state index is 0.133. The van der Waals surface area contributed by atoms with Crippen LogP contribution < -0.4 is 25.0 Å². The number of hydrogen-bond donors (Lipinski definition) is 3. The molecule has 0 radical (unpaired) electrons. The molecule has 0 aliphatic heterocycles. The molecule has 3 N–H and O–H groups in total. The van der Waals surface area contributed by atoms with Gasteiger partial charge in [0.25, 0.3) is 5.91 Å². The second-order valence-corrected chi connectivity index (χ2v) is 5.77. The summed E-state index contributed by atoms with van der Waals surface area (Å²) in [5, 5.41) is 4.86. The predicted molar refractivity (Wildman–Crippen MR) is 94.1 cm³/mol. The van der Waals surface area contributed by atoms with Gasteiger partial charge in [0.05, 0.1) is 39.6 Å². The third kappa shape index (κ3) is 5.52. The van der Waals surface area contributed by atoms with Gasteiger partial charge in [-0.05, 0) is 24.3 Å². The van der Waals surface area contributed by atoms with Crippen LogP contribution in [-0.2, 0) is 17.9 Å². The summed E-state index contributed by atoms with van der Waals surface area (Å²) in [5.74, 6) is 1.52. The molecular weight excluding hydrogens is 338 g/mol. The minimum Gasteiger partial charge on any atom is -0.493 e. The number of likely N-dealkylation sites (N-methyl/N-ethyl adjacent to an activating group) is 1. The van der Waals surface area contributed by atoms with Gasteiger partial charge < -0.3 is 24.1 Å². The van der Waals surface area contributed by atoms with Gasteiger partial charge in [0, 0.05) is 0 Å². The zero-order chi connectivity index (χ0) is 18.9. The van der Waals surface area contributed by atoms with Crippen LogP contribution in [0.1, 0.15) is 11.3 Å². The highest BCUT2D eigenvalue weighted by Crippen LogP contribution is 2.29. The van der Waals surface area contributed by atoms with Crippen molar-refractivity contribution in [2.24, 2.45) is 0 Å². The molecule has 0 bridgehead atoms. The van der Waals surface area contributed by atoms with E-state index in [2.05, 4.69) is 10.6 Å². The third-order valence-corrected chi connectivity index (χ3v) is 3.70. The lowest BCUT2D eigenvalue weighted by Crippen LogP contribution is -3.09. The normalized spacial score (nSPS) is 11.5. The molecule has 8 heteroatoms. The summed E-state index contributed by atoms with van der Waals surface area (Å²) in [6, 6.07) is 8.50. The maximum atomic E-state index is 12.0. The summed E-state index contributed by atoms with van der Waals surface area (Å²) in [7, 11) is 5.01. The number of furan rings is 1. The summed E-state index contributed by atoms with van der Waals surface area (Å²) in [6.45, 7) is 0.895. The Morgan fingerprint density at radius 3 is 2.62 bits per heavy atom. The van der Waals surface area contributed by atoms with Crippen molar-refractivity contribution in [3.8, 4) is 11.5 Å². The van der Waals surface area contributed by atoms with Gasteiger partial charge in [-0.1, -0.05) is 6.07 Å². The van der Waals surface area contributed by atoms with E-state index in [-0.39, 0.29) is 19.0 Å². The molecule has 1 aromatic heterocycles. The Bertz CT molecular complexity index is 730. The summed E-state index contributed by atoms with van der Waals surface area (Å²) in [4.78, 5) is 24.7. The Hall–Kier alpha value is -3.00. The van der Waals surface area contributed by atoms with E-state index in [9.17, 15) is 9.59 Å². The molecule has 0 aliphatic carbocycles. The van der Waals surface area contributed by atoms with Gasteiger partial charge in [-0.25, -0.2) is 4.79 Å². The van der Waals surface area contributed by atoms with Gasteiger partial charge in [0.2, 0.25) is 0 Å². The zero-order valence-electron chi connectivity index (χ0n) is 15.1. The molecular formula is C18H24N3O5+. The Balaban J connectivity index is 1.82. The fraction of sp³-hybridized carbons (Fsp3) is 0.333. The van der Waals surface area contributed by atoms with Gasteiger partial charge in [0.15, 0.2) is 18.0 Å². The first-order valence-corrected chi connectivity index (χ1v) is 8.14. The number of imide groups is 1. The topological polar surface area (TPSA) is 94.2 Å². The molecule has 0 spiro atoms. The van der Waals surface area contributed by atoms with Crippen molar-refractivity contribution in [2.45, 2.75) is 13.1 Å². The number of urea groups is 1. The number of methoxy groups -OCH3 is 2. The van der Waals surface area contributed by atoms with E-state index < -0.39 is 6.03 Å². The highest BCUT2D eigenvalue weighted by Gasteiger charge is 2.17. The van der Waals surface area contributed by atoms with Gasteiger partial charge in [-0.2, -0.15) is 0 Å². The van der Waals surface area contributed by atoms with Gasteiger partial charge in [-0.3, -0.25) is 10.1 Å². The summed E-state index contributed by atoms with van der Waals surface area (Å²) in [5.41, 5.74) is 0.916. The number of quaternary nitrogens is 1. The highest BCUT2D eigenvalue weighted by molar-refractivity contribution is 5.94. The first-order valence-electron chi connectivity index (χ1n) is 8.14. The maximum absolute atomic E-state index is 12.0. The quantitative estimate of drug-likeness (QED) is 0.630. The van der Waals surface area contributed by atoms with Crippen LogP contribution in [0, 0.1) is 0 Å². The van der Waals surface area contributed by atoms with Crippen molar-refractivity contribution in [1.82, 2.24) is 10.6 Å². The molecule has 1 heterocycles. The van der Waals surface area contributed by atoms with Crippen molar-refractivity contribution < 1.29 is 28.4 Å². The fourth-order valence-electron chi connectivity index (χ4n) is 2.55. The lowest BCUT2D eigenvalue weighted by Gasteiger charge is -2.17. The number of hydrogen-bond acceptors (Lipinski definition) is 5. The lowest BCUT2D eigenvalue weighted by atomic mass is 10.1. The highest BCUT2D eigenvalue weighted by atomic mass is 16.5. The van der Waals surface area contributed by atoms with Crippen LogP contribution in [0.5, 0.6) is 11.5 Å². The van der Waals surface area contributed by atoms with Crippen LogP contribution in [0.2, 0.25) is 0 Å². The summed E-state index contributed by atoms with van der Waals surface area (Å²) < 4.78 is 15.8. The number of nitrogens with one attached hydrogen (secondary N) is 3. The second kappa shape index (κ2) is 9.47. The van der Waals surface area contributed by atoms with Crippen molar-refractivity contribution in [2.75, 3.05) is 27.8 Å². The molecule has 1 atom stereocenters. The molecule has 8 nitrogen and oxygen atoms in total. The molecule has 2 aromatic rings. The third-order valence-electron chi connectivity index (χ3n) is 3.70. The molecule has 140 valence electrons. The minimum atomic E-state index is -0.557. The van der Waals surface area contributed by atoms with E-state index in [0.717, 1.165) is 10.5 Å². The molecule has 26 heavy (non-hydrogen) atoms. The van der Waals surface area contributed by atoms with Crippen LogP contribution in [0.25, 0.3) is 0 Å². The Kier molecular flexibility index (Phi) is 7.04. The van der Waals surface area contributed by atoms with Crippen molar-refractivity contribution in [3.63, 3.8) is 0 Å². The number of amides is 3. The standard InChI is InChI=1S/C18H23N3O5/c1-21(11-13-6-4-8-15(24-2)17(13)25-3)12-16(22)20-18(23)19-10-14-7-5-9-26-14/h4-9H,10-12H2,1-3H3,(H2,19,20,22,23)/p+1. The number of rotatable bonds is 8. The molecule has 2 rings (SSSR count). The van der Waals surface area contributed by atoms with E-state index in [1.165, 1.54) is 6.26 Å². The Morgan fingerprint density at radius 2 is 1.96 bits per heavy atom. The van der Waals surface area contributed by atoms with E-state index in [1.807, 2.05) is 25.2 Å². The van der Waals surface area contributed by atoms with Crippen LogP contribution in [0.3, 0.4) is 0 Å². The first-order chi connectivity index (χ1) is 12.5. The van der Waals surface area contributed by atoms with Gasteiger partial charge in [0.1, 0.15) is 12.3 Å². The molecule has 0 fully saturated rings. The molecule has 1 aromatic carbocycles. The van der Waals surface area contributed by atoms with E-state index in [4.69, 9.17) is 13.9 Å². The Labute approximate surface area is 152 Å². The molecule has 0 saturated heterocycles. The van der Waals surface area contributed by atoms with E-state index in [0.29, 0.717) is 23.8 Å². The smallest absolute Gasteiger partial charge is 0.321 e. The first kappa shape index (κ1) is 19.3. The van der Waals surface area contributed by atoms with Crippen molar-refractivity contribution in [1.29, 1.82) is 0 Å². The number of carbonyl (C=O) groups excluding carboxylic acids is 2. The van der Waals surface area contributed by atoms with E-state index >= 15 is 0 Å². The average Bonchev–Trinajstić information content (AvgIpc) is 3.13. The predicted octanol–water partition coefficient (Wildman–Crippen LogP) is 0.338. The zero-order valence-corrected chi connectivity index (χ0v) is 15.1. The average molecular weight is 362 g/mol. The summed E-state index contributed by atoms with van der Waals surface area (Å²) >= 11 is 0. The molecule has 3 amide bonds. The second-order valence-electron chi connectivity index (χ2n) is 5.77. The van der Waals surface area contributed by atoms with Gasteiger partial charge >= 0.3 is 6.03 Å². The summed E-state index contributed by atoms with van der Waals surface area (Å²) in [6.07, 6.45) is 1.52. The maximum Gasteiger partial charge on any atom is 0.321 e. The van der Waals surface area contributed by atoms with Crippen LogP contribution in [-0.4, -0.2) is 39.8 Å². The lowest BCUT2D eigenvalue weighted by molar-refractivity contribution is -0.885. The SMILES string of the molecule is COc1cccc(C[NH+](C)CC(=O)NC(=O)NCc2ccco2)c1OC. The Morgan fingerprint density at radius 1 is 1.15 bits per heavy atom. The van der Waals surface area contributed by atoms with E-state index in [1.54, 1.807) is 26.4 Å². The molecule has 0 saturated carbocycles. The fourth-order valence-corrected chi connectivity index (χ4v) is 2.55. The van der Waals surface area contributed by atoms with Crippen LogP contribution >= 0.6 is 0 Å². The monoisotopic (exact) mass is 362 g/mol. The number of carbonyl (C=O) groups is 2. The molecule has 0 aliphatic rings. The largest absolute Gasteiger partial charge is 0.493 e. The van der Waals surface area contributed by atoms with Crippen molar-refractivity contribution >= 4 is 11.9 Å². The van der Waals surface area contributed by atoms with Gasteiger partial charge in [-0.15, -0.1) is 0 Å². The number of ether oxygens (including phenoxy) is 2. The number of para-hydroxylation sites is 1. The van der Waals surface area contributed by atoms with Crippen molar-refractivity contribution in [3.05, 3.63) is 47.9 Å². The molecule has 1 unspecified atom stereocenters.